The molecule has 1 saturated heterocycles. The predicted molar refractivity (Wildman–Crippen MR) is 86.9 cm³/mol. The molecule has 5 heteroatoms. The molecule has 0 spiro atoms. The molecule has 0 unspecified atom stereocenters. The third-order valence-electron chi connectivity index (χ3n) is 3.76. The van der Waals surface area contributed by atoms with E-state index in [9.17, 15) is 14.7 Å². The van der Waals surface area contributed by atoms with Crippen LogP contribution >= 0.6 is 0 Å². The van der Waals surface area contributed by atoms with Crippen molar-refractivity contribution in [3.05, 3.63) is 70.3 Å². The molecule has 0 radical (unpaired) electrons. The van der Waals surface area contributed by atoms with Crippen LogP contribution in [0.3, 0.4) is 0 Å². The summed E-state index contributed by atoms with van der Waals surface area (Å²) in [4.78, 5) is 24.4. The highest BCUT2D eigenvalue weighted by atomic mass is 16.7. The van der Waals surface area contributed by atoms with Crippen molar-refractivity contribution in [2.24, 2.45) is 0 Å². The summed E-state index contributed by atoms with van der Waals surface area (Å²) >= 11 is 0. The Balaban J connectivity index is 1.88. The van der Waals surface area contributed by atoms with Gasteiger partial charge < -0.3 is 14.6 Å². The number of esters is 2. The van der Waals surface area contributed by atoms with Crippen LogP contribution < -0.4 is 0 Å². The first-order valence-corrected chi connectivity index (χ1v) is 7.44. The van der Waals surface area contributed by atoms with Gasteiger partial charge >= 0.3 is 11.9 Å². The van der Waals surface area contributed by atoms with Gasteiger partial charge in [-0.25, -0.2) is 9.59 Å². The van der Waals surface area contributed by atoms with Crippen LogP contribution in [-0.4, -0.2) is 17.0 Å². The maximum absolute atomic E-state index is 12.2. The molecule has 0 aromatic heterocycles. The summed E-state index contributed by atoms with van der Waals surface area (Å²) in [6.45, 7) is 3.49. The van der Waals surface area contributed by atoms with Crippen molar-refractivity contribution in [3.8, 4) is 5.75 Å². The second-order valence-electron chi connectivity index (χ2n) is 5.61. The molecule has 3 rings (SSSR count). The first kappa shape index (κ1) is 15.8. The van der Waals surface area contributed by atoms with Crippen molar-refractivity contribution in [1.29, 1.82) is 0 Å². The zero-order valence-corrected chi connectivity index (χ0v) is 13.3. The third-order valence-corrected chi connectivity index (χ3v) is 3.76. The highest BCUT2D eigenvalue weighted by Crippen LogP contribution is 2.29. The molecule has 1 aliphatic heterocycles. The van der Waals surface area contributed by atoms with Gasteiger partial charge in [0.05, 0.1) is 0 Å². The van der Waals surface area contributed by atoms with E-state index in [0.717, 1.165) is 0 Å². The van der Waals surface area contributed by atoms with Gasteiger partial charge in [0.15, 0.2) is 0 Å². The molecule has 0 aliphatic carbocycles. The number of hydrogen-bond donors (Lipinski definition) is 1. The van der Waals surface area contributed by atoms with E-state index in [1.54, 1.807) is 50.2 Å². The quantitative estimate of drug-likeness (QED) is 0.522. The standard InChI is InChI=1S/C19H16O5/c1-11-8-13(9-12(2)16(11)20)10-15-17(21)23-19(24-18(15)22)14-6-4-3-5-7-14/h3-10,19-20H,1-2H3. The van der Waals surface area contributed by atoms with Gasteiger partial charge in [0.25, 0.3) is 6.29 Å². The average Bonchev–Trinajstić information content (AvgIpc) is 2.56. The number of cyclic esters (lactones) is 2. The van der Waals surface area contributed by atoms with Gasteiger partial charge in [-0.3, -0.25) is 0 Å². The number of hydrogen-bond acceptors (Lipinski definition) is 5. The fraction of sp³-hybridized carbons (Fsp3) is 0.158. The van der Waals surface area contributed by atoms with Gasteiger partial charge in [-0.2, -0.15) is 0 Å². The van der Waals surface area contributed by atoms with Crippen LogP contribution in [0, 0.1) is 13.8 Å². The molecular weight excluding hydrogens is 308 g/mol. The van der Waals surface area contributed by atoms with Crippen molar-refractivity contribution in [2.75, 3.05) is 0 Å². The number of phenols is 1. The van der Waals surface area contributed by atoms with Gasteiger partial charge in [-0.05, 0) is 48.7 Å². The van der Waals surface area contributed by atoms with Crippen LogP contribution in [0.4, 0.5) is 0 Å². The summed E-state index contributed by atoms with van der Waals surface area (Å²) in [5, 5.41) is 9.80. The van der Waals surface area contributed by atoms with E-state index in [2.05, 4.69) is 0 Å². The third kappa shape index (κ3) is 3.01. The average molecular weight is 324 g/mol. The number of carbonyl (C=O) groups excluding carboxylic acids is 2. The van der Waals surface area contributed by atoms with Gasteiger partial charge in [0.1, 0.15) is 11.3 Å². The fourth-order valence-corrected chi connectivity index (χ4v) is 2.53. The largest absolute Gasteiger partial charge is 0.507 e. The summed E-state index contributed by atoms with van der Waals surface area (Å²) in [5.41, 5.74) is 2.34. The normalized spacial score (nSPS) is 17.2. The Morgan fingerprint density at radius 1 is 0.958 bits per heavy atom. The number of phenolic OH excluding ortho intramolecular Hbond substituents is 1. The minimum Gasteiger partial charge on any atom is -0.507 e. The lowest BCUT2D eigenvalue weighted by Crippen LogP contribution is -2.29. The highest BCUT2D eigenvalue weighted by molar-refractivity contribution is 6.18. The second-order valence-corrected chi connectivity index (χ2v) is 5.61. The zero-order valence-electron chi connectivity index (χ0n) is 13.3. The Labute approximate surface area is 139 Å². The van der Waals surface area contributed by atoms with E-state index in [4.69, 9.17) is 9.47 Å². The molecule has 1 N–H and O–H groups in total. The highest BCUT2D eigenvalue weighted by Gasteiger charge is 2.34. The minimum atomic E-state index is -1.04. The molecule has 2 aromatic rings. The van der Waals surface area contributed by atoms with Crippen LogP contribution in [0.15, 0.2) is 48.0 Å². The summed E-state index contributed by atoms with van der Waals surface area (Å²) in [5.74, 6) is -1.28. The number of carbonyl (C=O) groups is 2. The predicted octanol–water partition coefficient (Wildman–Crippen LogP) is 3.19. The topological polar surface area (TPSA) is 72.8 Å². The van der Waals surface area contributed by atoms with Gasteiger partial charge in [0, 0.05) is 5.56 Å². The molecule has 0 amide bonds. The fourth-order valence-electron chi connectivity index (χ4n) is 2.53. The lowest BCUT2D eigenvalue weighted by Gasteiger charge is -2.24. The van der Waals surface area contributed by atoms with Crippen molar-refractivity contribution >= 4 is 18.0 Å². The second kappa shape index (κ2) is 6.20. The molecule has 24 heavy (non-hydrogen) atoms. The zero-order chi connectivity index (χ0) is 17.3. The number of rotatable bonds is 2. The molecule has 2 aromatic carbocycles. The maximum Gasteiger partial charge on any atom is 0.348 e. The van der Waals surface area contributed by atoms with Crippen molar-refractivity contribution in [2.45, 2.75) is 20.1 Å². The minimum absolute atomic E-state index is 0.174. The Morgan fingerprint density at radius 3 is 2.04 bits per heavy atom. The molecule has 1 fully saturated rings. The lowest BCUT2D eigenvalue weighted by atomic mass is 10.0. The molecule has 122 valence electrons. The van der Waals surface area contributed by atoms with E-state index >= 15 is 0 Å². The Bertz CT molecular complexity index is 793. The van der Waals surface area contributed by atoms with Crippen LogP contribution in [0.2, 0.25) is 0 Å². The van der Waals surface area contributed by atoms with E-state index in [0.29, 0.717) is 22.3 Å². The van der Waals surface area contributed by atoms with E-state index in [-0.39, 0.29) is 11.3 Å². The molecule has 0 atom stereocenters. The summed E-state index contributed by atoms with van der Waals surface area (Å²) in [6.07, 6.45) is 0.373. The smallest absolute Gasteiger partial charge is 0.348 e. The molecule has 5 nitrogen and oxygen atoms in total. The van der Waals surface area contributed by atoms with E-state index < -0.39 is 18.2 Å². The first-order chi connectivity index (χ1) is 11.5. The number of aromatic hydroxyl groups is 1. The Kier molecular flexibility index (Phi) is 4.08. The summed E-state index contributed by atoms with van der Waals surface area (Å²) in [7, 11) is 0. The molecule has 1 heterocycles. The van der Waals surface area contributed by atoms with Gasteiger partial charge in [-0.15, -0.1) is 0 Å². The molecular formula is C19H16O5. The van der Waals surface area contributed by atoms with E-state index in [1.807, 2.05) is 6.07 Å². The monoisotopic (exact) mass is 324 g/mol. The van der Waals surface area contributed by atoms with Crippen molar-refractivity contribution in [1.82, 2.24) is 0 Å². The van der Waals surface area contributed by atoms with Crippen molar-refractivity contribution in [3.63, 3.8) is 0 Å². The SMILES string of the molecule is Cc1cc(C=C2C(=O)OC(c3ccccc3)OC2=O)cc(C)c1O. The Hall–Kier alpha value is -3.08. The number of ether oxygens (including phenoxy) is 2. The summed E-state index contributed by atoms with van der Waals surface area (Å²) < 4.78 is 10.4. The molecule has 0 saturated carbocycles. The van der Waals surface area contributed by atoms with Crippen LogP contribution in [0.25, 0.3) is 6.08 Å². The van der Waals surface area contributed by atoms with Crippen LogP contribution in [0.1, 0.15) is 28.5 Å². The summed E-state index contributed by atoms with van der Waals surface area (Å²) in [6, 6.07) is 12.1. The van der Waals surface area contributed by atoms with Crippen LogP contribution in [0.5, 0.6) is 5.75 Å². The molecule has 0 bridgehead atoms. The number of aryl methyl sites for hydroxylation is 2. The van der Waals surface area contributed by atoms with Gasteiger partial charge in [0.2, 0.25) is 0 Å². The van der Waals surface area contributed by atoms with E-state index in [1.165, 1.54) is 6.08 Å². The van der Waals surface area contributed by atoms with Gasteiger partial charge in [-0.1, -0.05) is 30.3 Å². The number of benzene rings is 2. The Morgan fingerprint density at radius 2 is 1.50 bits per heavy atom. The van der Waals surface area contributed by atoms with Crippen molar-refractivity contribution < 1.29 is 24.2 Å². The first-order valence-electron chi connectivity index (χ1n) is 7.44. The molecule has 1 aliphatic rings. The lowest BCUT2D eigenvalue weighted by molar-refractivity contribution is -0.195. The van der Waals surface area contributed by atoms with Crippen LogP contribution in [-0.2, 0) is 19.1 Å². The maximum atomic E-state index is 12.2.